The molecule has 5 nitrogen and oxygen atoms in total. The fraction of sp³-hybridized carbons (Fsp3) is 0.318. The van der Waals surface area contributed by atoms with Gasteiger partial charge in [-0.3, -0.25) is 0 Å². The summed E-state index contributed by atoms with van der Waals surface area (Å²) < 4.78 is 23.4. The molecule has 0 aliphatic rings. The van der Waals surface area contributed by atoms with Crippen LogP contribution in [0.25, 0.3) is 0 Å². The van der Waals surface area contributed by atoms with Gasteiger partial charge in [0.05, 0.1) is 10.8 Å². The van der Waals surface area contributed by atoms with Gasteiger partial charge in [0.15, 0.2) is 0 Å². The van der Waals surface area contributed by atoms with Crippen molar-refractivity contribution in [3.05, 3.63) is 66.1 Å². The van der Waals surface area contributed by atoms with Gasteiger partial charge in [-0.2, -0.15) is 0 Å². The molecule has 2 rings (SSSR count). The molecule has 0 fully saturated rings. The van der Waals surface area contributed by atoms with Crippen molar-refractivity contribution in [2.24, 2.45) is 0 Å². The van der Waals surface area contributed by atoms with Crippen molar-refractivity contribution in [3.8, 4) is 11.5 Å². The number of nitrogens with zero attached hydrogens (tertiary/aromatic N) is 1. The number of ether oxygens (including phenoxy) is 2. The summed E-state index contributed by atoms with van der Waals surface area (Å²) in [6, 6.07) is 16.7. The van der Waals surface area contributed by atoms with Crippen molar-refractivity contribution >= 4 is 16.9 Å². The number of carbonyl (C=O) groups excluding carboxylic acids is 1. The lowest BCUT2D eigenvalue weighted by Gasteiger charge is -2.24. The minimum atomic E-state index is -1.25. The maximum absolute atomic E-state index is 12.4. The zero-order chi connectivity index (χ0) is 20.6. The van der Waals surface area contributed by atoms with Gasteiger partial charge in [-0.05, 0) is 63.6 Å². The van der Waals surface area contributed by atoms with Crippen molar-refractivity contribution in [1.82, 2.24) is 4.90 Å². The van der Waals surface area contributed by atoms with Crippen LogP contribution in [0.1, 0.15) is 27.2 Å². The van der Waals surface area contributed by atoms with Crippen LogP contribution in [0.2, 0.25) is 0 Å². The predicted octanol–water partition coefficient (Wildman–Crippen LogP) is 5.36. The molecule has 28 heavy (non-hydrogen) atoms. The Hall–Kier alpha value is -2.60. The first-order valence-electron chi connectivity index (χ1n) is 9.09. The lowest BCUT2D eigenvalue weighted by atomic mass is 10.2. The van der Waals surface area contributed by atoms with Gasteiger partial charge in [-0.15, -0.1) is 0 Å². The lowest BCUT2D eigenvalue weighted by molar-refractivity contribution is 0.0301. The van der Waals surface area contributed by atoms with Gasteiger partial charge < -0.3 is 14.4 Å². The van der Waals surface area contributed by atoms with Crippen LogP contribution in [0.15, 0.2) is 71.0 Å². The Labute approximate surface area is 169 Å². The molecular formula is C22H27NO4S. The van der Waals surface area contributed by atoms with Crippen molar-refractivity contribution in [2.45, 2.75) is 37.7 Å². The molecule has 0 saturated heterocycles. The second-order valence-electron chi connectivity index (χ2n) is 7.25. The van der Waals surface area contributed by atoms with E-state index in [-0.39, 0.29) is 6.09 Å². The third-order valence-electron chi connectivity index (χ3n) is 3.59. The molecule has 0 spiro atoms. The normalized spacial score (nSPS) is 12.6. The molecule has 0 heterocycles. The van der Waals surface area contributed by atoms with E-state index >= 15 is 0 Å². The van der Waals surface area contributed by atoms with E-state index in [9.17, 15) is 9.00 Å². The van der Waals surface area contributed by atoms with Crippen LogP contribution in [0, 0.1) is 0 Å². The average Bonchev–Trinajstić information content (AvgIpc) is 2.65. The molecule has 0 bridgehead atoms. The standard InChI is InChI=1S/C22H27NO4S/c1-22(2,3)27-21(24)23(4)16-8-9-17-28(25)20-14-12-19(13-15-20)26-18-10-6-5-7-11-18/h5-7,9-15,17H,8,16H2,1-4H3/b17-9+. The number of hydrogen-bond donors (Lipinski definition) is 0. The highest BCUT2D eigenvalue weighted by Crippen LogP contribution is 2.22. The zero-order valence-corrected chi connectivity index (χ0v) is 17.6. The first-order valence-corrected chi connectivity index (χ1v) is 10.3. The predicted molar refractivity (Wildman–Crippen MR) is 112 cm³/mol. The van der Waals surface area contributed by atoms with E-state index in [1.165, 1.54) is 4.90 Å². The molecule has 150 valence electrons. The highest BCUT2D eigenvalue weighted by Gasteiger charge is 2.18. The number of carbonyl (C=O) groups is 1. The number of hydrogen-bond acceptors (Lipinski definition) is 4. The van der Waals surface area contributed by atoms with Gasteiger partial charge in [0.2, 0.25) is 0 Å². The van der Waals surface area contributed by atoms with E-state index in [0.29, 0.717) is 23.6 Å². The number of benzene rings is 2. The Morgan fingerprint density at radius 1 is 1.04 bits per heavy atom. The quantitative estimate of drug-likeness (QED) is 0.627. The van der Waals surface area contributed by atoms with Crippen LogP contribution in [0.4, 0.5) is 4.79 Å². The summed E-state index contributed by atoms with van der Waals surface area (Å²) in [5.74, 6) is 1.44. The van der Waals surface area contributed by atoms with Gasteiger partial charge in [-0.25, -0.2) is 9.00 Å². The van der Waals surface area contributed by atoms with Gasteiger partial charge in [-0.1, -0.05) is 24.3 Å². The first kappa shape index (κ1) is 21.7. The minimum absolute atomic E-state index is 0.365. The van der Waals surface area contributed by atoms with E-state index in [4.69, 9.17) is 9.47 Å². The lowest BCUT2D eigenvalue weighted by Crippen LogP contribution is -2.34. The molecule has 6 heteroatoms. The van der Waals surface area contributed by atoms with Crippen LogP contribution >= 0.6 is 0 Å². The Kier molecular flexibility index (Phi) is 7.81. The fourth-order valence-electron chi connectivity index (χ4n) is 2.20. The molecule has 1 amide bonds. The van der Waals surface area contributed by atoms with Crippen molar-refractivity contribution in [3.63, 3.8) is 0 Å². The molecule has 0 aliphatic heterocycles. The monoisotopic (exact) mass is 401 g/mol. The Morgan fingerprint density at radius 2 is 1.64 bits per heavy atom. The average molecular weight is 402 g/mol. The third-order valence-corrected chi connectivity index (χ3v) is 4.77. The van der Waals surface area contributed by atoms with E-state index in [1.54, 1.807) is 36.7 Å². The summed E-state index contributed by atoms with van der Waals surface area (Å²) in [5, 5.41) is 1.63. The van der Waals surface area contributed by atoms with E-state index in [0.717, 1.165) is 5.75 Å². The summed E-state index contributed by atoms with van der Waals surface area (Å²) in [4.78, 5) is 14.1. The van der Waals surface area contributed by atoms with Crippen LogP contribution < -0.4 is 4.74 Å². The van der Waals surface area contributed by atoms with Gasteiger partial charge >= 0.3 is 6.09 Å². The van der Waals surface area contributed by atoms with Gasteiger partial charge in [0.25, 0.3) is 0 Å². The molecule has 0 saturated carbocycles. The Morgan fingerprint density at radius 3 is 2.25 bits per heavy atom. The highest BCUT2D eigenvalue weighted by atomic mass is 32.2. The maximum Gasteiger partial charge on any atom is 0.410 e. The van der Waals surface area contributed by atoms with E-state index in [1.807, 2.05) is 57.2 Å². The van der Waals surface area contributed by atoms with Gasteiger partial charge in [0, 0.05) is 23.9 Å². The van der Waals surface area contributed by atoms with Crippen molar-refractivity contribution in [1.29, 1.82) is 0 Å². The molecule has 1 unspecified atom stereocenters. The second kappa shape index (κ2) is 10.1. The summed E-state index contributed by atoms with van der Waals surface area (Å²) in [7, 11) is 0.435. The molecule has 0 radical (unpaired) electrons. The largest absolute Gasteiger partial charge is 0.457 e. The highest BCUT2D eigenvalue weighted by molar-refractivity contribution is 7.88. The van der Waals surface area contributed by atoms with Crippen LogP contribution in [0.5, 0.6) is 11.5 Å². The van der Waals surface area contributed by atoms with Crippen molar-refractivity contribution in [2.75, 3.05) is 13.6 Å². The number of rotatable bonds is 7. The molecule has 1 atom stereocenters. The molecule has 0 aliphatic carbocycles. The van der Waals surface area contributed by atoms with Crippen LogP contribution in [0.3, 0.4) is 0 Å². The SMILES string of the molecule is CN(CC/C=C/S(=O)c1ccc(Oc2ccccc2)cc1)C(=O)OC(C)(C)C. The van der Waals surface area contributed by atoms with Crippen LogP contribution in [-0.2, 0) is 15.5 Å². The molecule has 0 aromatic heterocycles. The summed E-state index contributed by atoms with van der Waals surface area (Å²) in [6.07, 6.45) is 2.04. The number of para-hydroxylation sites is 1. The molecule has 2 aromatic rings. The fourth-order valence-corrected chi connectivity index (χ4v) is 3.07. The molecule has 0 N–H and O–H groups in total. The second-order valence-corrected chi connectivity index (χ2v) is 8.58. The summed E-state index contributed by atoms with van der Waals surface area (Å²) >= 11 is 0. The van der Waals surface area contributed by atoms with Crippen LogP contribution in [-0.4, -0.2) is 34.4 Å². The third kappa shape index (κ3) is 7.56. The zero-order valence-electron chi connectivity index (χ0n) is 16.8. The molecular weight excluding hydrogens is 374 g/mol. The Balaban J connectivity index is 1.81. The maximum atomic E-state index is 12.4. The minimum Gasteiger partial charge on any atom is -0.457 e. The van der Waals surface area contributed by atoms with E-state index < -0.39 is 16.4 Å². The summed E-state index contributed by atoms with van der Waals surface area (Å²) in [6.45, 7) is 5.99. The summed E-state index contributed by atoms with van der Waals surface area (Å²) in [5.41, 5.74) is -0.515. The smallest absolute Gasteiger partial charge is 0.410 e. The van der Waals surface area contributed by atoms with Gasteiger partial charge in [0.1, 0.15) is 17.1 Å². The van der Waals surface area contributed by atoms with Crippen molar-refractivity contribution < 1.29 is 18.5 Å². The van der Waals surface area contributed by atoms with E-state index in [2.05, 4.69) is 0 Å². The molecule has 2 aromatic carbocycles. The number of amides is 1. The topological polar surface area (TPSA) is 55.8 Å². The first-order chi connectivity index (χ1) is 13.2. The Bertz CT molecular complexity index is 811.